The number of hydrazone groups is 1. The lowest BCUT2D eigenvalue weighted by molar-refractivity contribution is 0.0953. The molecule has 10 heteroatoms. The number of amides is 1. The molecule has 3 aromatic rings. The van der Waals surface area contributed by atoms with Crippen molar-refractivity contribution in [3.63, 3.8) is 0 Å². The summed E-state index contributed by atoms with van der Waals surface area (Å²) in [5.41, 5.74) is 3.09. The van der Waals surface area contributed by atoms with Crippen molar-refractivity contribution in [2.75, 3.05) is 31.6 Å². The van der Waals surface area contributed by atoms with Crippen molar-refractivity contribution >= 4 is 28.7 Å². The summed E-state index contributed by atoms with van der Waals surface area (Å²) in [7, 11) is 1.49. The molecule has 1 saturated carbocycles. The van der Waals surface area contributed by atoms with Gasteiger partial charge in [0.25, 0.3) is 5.91 Å². The Morgan fingerprint density at radius 1 is 1.18 bits per heavy atom. The molecular weight excluding hydrogens is 492 g/mol. The van der Waals surface area contributed by atoms with Crippen molar-refractivity contribution in [3.8, 4) is 5.75 Å². The average molecular weight is 522 g/mol. The number of carbonyl (C=O) groups is 1. The Hall–Kier alpha value is -3.79. The van der Waals surface area contributed by atoms with E-state index in [1.165, 1.54) is 49.9 Å². The van der Waals surface area contributed by atoms with Crippen molar-refractivity contribution < 1.29 is 18.3 Å². The largest absolute Gasteiger partial charge is 0.492 e. The molecule has 2 saturated heterocycles. The summed E-state index contributed by atoms with van der Waals surface area (Å²) in [5, 5.41) is 7.54. The van der Waals surface area contributed by atoms with E-state index in [-0.39, 0.29) is 22.8 Å². The van der Waals surface area contributed by atoms with E-state index in [0.717, 1.165) is 38.8 Å². The summed E-state index contributed by atoms with van der Waals surface area (Å²) < 4.78 is 36.5. The maximum Gasteiger partial charge on any atom is 0.276 e. The number of piperidine rings is 1. The van der Waals surface area contributed by atoms with Gasteiger partial charge in [0.05, 0.1) is 24.2 Å². The Balaban J connectivity index is 1.39. The summed E-state index contributed by atoms with van der Waals surface area (Å²) in [6.45, 7) is 2.35. The number of ether oxygens (including phenoxy) is 1. The van der Waals surface area contributed by atoms with Gasteiger partial charge in [-0.2, -0.15) is 5.10 Å². The zero-order valence-electron chi connectivity index (χ0n) is 21.0. The van der Waals surface area contributed by atoms with Crippen molar-refractivity contribution in [1.82, 2.24) is 15.3 Å². The second-order valence-corrected chi connectivity index (χ2v) is 10.3. The molecule has 38 heavy (non-hydrogen) atoms. The summed E-state index contributed by atoms with van der Waals surface area (Å²) in [6.07, 6.45) is 6.85. The SMILES string of the molecule is COc1c(N2CC3CCCNC3C2)c(F)cc2c(=O)c(C(=O)N/N=C/c3ccc(F)cc3)cn(C3CC3)c12. The number of fused-ring (bicyclic) bond motifs is 2. The highest BCUT2D eigenvalue weighted by molar-refractivity contribution is 6.00. The molecule has 3 aliphatic rings. The van der Waals surface area contributed by atoms with Crippen LogP contribution in [-0.2, 0) is 0 Å². The molecule has 3 fully saturated rings. The third-order valence-corrected chi connectivity index (χ3v) is 7.75. The lowest BCUT2D eigenvalue weighted by Gasteiger charge is -2.25. The molecule has 1 amide bonds. The minimum atomic E-state index is -0.706. The third kappa shape index (κ3) is 4.42. The van der Waals surface area contributed by atoms with E-state index >= 15 is 4.39 Å². The molecule has 0 radical (unpaired) electrons. The van der Waals surface area contributed by atoms with E-state index in [0.29, 0.717) is 41.0 Å². The van der Waals surface area contributed by atoms with Crippen LogP contribution in [0.5, 0.6) is 5.75 Å². The van der Waals surface area contributed by atoms with Gasteiger partial charge in [-0.3, -0.25) is 9.59 Å². The van der Waals surface area contributed by atoms with Crippen molar-refractivity contribution in [2.24, 2.45) is 11.0 Å². The molecule has 8 nitrogen and oxygen atoms in total. The molecule has 6 rings (SSSR count). The minimum absolute atomic E-state index is 0.0856. The highest BCUT2D eigenvalue weighted by Gasteiger charge is 2.38. The van der Waals surface area contributed by atoms with Crippen LogP contribution in [0.25, 0.3) is 10.9 Å². The van der Waals surface area contributed by atoms with Gasteiger partial charge in [0.15, 0.2) is 11.6 Å². The number of benzene rings is 2. The fourth-order valence-corrected chi connectivity index (χ4v) is 5.74. The Bertz CT molecular complexity index is 1470. The highest BCUT2D eigenvalue weighted by atomic mass is 19.1. The minimum Gasteiger partial charge on any atom is -0.492 e. The van der Waals surface area contributed by atoms with Crippen LogP contribution in [0.3, 0.4) is 0 Å². The Morgan fingerprint density at radius 3 is 2.68 bits per heavy atom. The highest BCUT2D eigenvalue weighted by Crippen LogP contribution is 2.45. The van der Waals surface area contributed by atoms with E-state index in [4.69, 9.17) is 4.74 Å². The summed E-state index contributed by atoms with van der Waals surface area (Å²) in [4.78, 5) is 28.5. The van der Waals surface area contributed by atoms with Crippen LogP contribution in [0.15, 0.2) is 46.4 Å². The predicted molar refractivity (Wildman–Crippen MR) is 141 cm³/mol. The summed E-state index contributed by atoms with van der Waals surface area (Å²) in [6, 6.07) is 7.21. The molecule has 2 N–H and O–H groups in total. The molecule has 2 aliphatic heterocycles. The molecule has 0 spiro atoms. The fourth-order valence-electron chi connectivity index (χ4n) is 5.74. The molecular formula is C28H29F2N5O3. The molecule has 2 atom stereocenters. The monoisotopic (exact) mass is 521 g/mol. The number of carbonyl (C=O) groups excluding carboxylic acids is 1. The van der Waals surface area contributed by atoms with E-state index in [1.807, 2.05) is 9.47 Å². The van der Waals surface area contributed by atoms with Crippen molar-refractivity contribution in [3.05, 3.63) is 69.5 Å². The van der Waals surface area contributed by atoms with Gasteiger partial charge >= 0.3 is 0 Å². The van der Waals surface area contributed by atoms with Gasteiger partial charge in [-0.05, 0) is 61.9 Å². The third-order valence-electron chi connectivity index (χ3n) is 7.75. The van der Waals surface area contributed by atoms with Crippen molar-refractivity contribution in [2.45, 2.75) is 37.8 Å². The number of halogens is 2. The van der Waals surface area contributed by atoms with Gasteiger partial charge in [0, 0.05) is 31.4 Å². The maximum absolute atomic E-state index is 15.7. The average Bonchev–Trinajstić information content (AvgIpc) is 3.67. The Kier molecular flexibility index (Phi) is 6.35. The smallest absolute Gasteiger partial charge is 0.276 e. The van der Waals surface area contributed by atoms with Crippen LogP contribution in [-0.4, -0.2) is 49.5 Å². The van der Waals surface area contributed by atoms with Crippen LogP contribution in [0.2, 0.25) is 0 Å². The quantitative estimate of drug-likeness (QED) is 0.383. The lowest BCUT2D eigenvalue weighted by Crippen LogP contribution is -2.40. The van der Waals surface area contributed by atoms with E-state index in [9.17, 15) is 14.0 Å². The van der Waals surface area contributed by atoms with Gasteiger partial charge in [0.1, 0.15) is 17.1 Å². The standard InChI is InChI=1S/C28H29F2N5O3/c1-38-27-24-20(11-22(30)25(27)34-13-17-3-2-10-31-23(17)15-34)26(36)21(14-35(24)19-8-9-19)28(37)33-32-12-16-4-6-18(29)7-5-16/h4-7,11-12,14,17,19,23,31H,2-3,8-10,13,15H2,1H3,(H,33,37)/b32-12+. The van der Waals surface area contributed by atoms with E-state index < -0.39 is 17.2 Å². The summed E-state index contributed by atoms with van der Waals surface area (Å²) in [5.74, 6) is -0.865. The van der Waals surface area contributed by atoms with Crippen LogP contribution < -0.4 is 25.8 Å². The van der Waals surface area contributed by atoms with Crippen LogP contribution >= 0.6 is 0 Å². The number of nitrogens with zero attached hydrogens (tertiary/aromatic N) is 3. The zero-order chi connectivity index (χ0) is 26.4. The molecule has 2 unspecified atom stereocenters. The lowest BCUT2D eigenvalue weighted by atomic mass is 9.94. The first-order valence-corrected chi connectivity index (χ1v) is 13.0. The fraction of sp³-hybridized carbons (Fsp3) is 0.393. The Morgan fingerprint density at radius 2 is 1.97 bits per heavy atom. The van der Waals surface area contributed by atoms with E-state index in [1.54, 1.807) is 0 Å². The van der Waals surface area contributed by atoms with Gasteiger partial charge < -0.3 is 19.5 Å². The van der Waals surface area contributed by atoms with Crippen LogP contribution in [0.1, 0.15) is 47.6 Å². The number of rotatable bonds is 6. The second kappa shape index (κ2) is 9.83. The van der Waals surface area contributed by atoms with Crippen LogP contribution in [0, 0.1) is 17.6 Å². The van der Waals surface area contributed by atoms with Gasteiger partial charge in [-0.15, -0.1) is 0 Å². The zero-order valence-corrected chi connectivity index (χ0v) is 21.0. The van der Waals surface area contributed by atoms with Gasteiger partial charge in [-0.1, -0.05) is 12.1 Å². The first-order chi connectivity index (χ1) is 18.4. The first kappa shape index (κ1) is 24.5. The molecule has 2 aromatic carbocycles. The first-order valence-electron chi connectivity index (χ1n) is 13.0. The topological polar surface area (TPSA) is 88.0 Å². The molecule has 198 valence electrons. The maximum atomic E-state index is 15.7. The molecule has 0 bridgehead atoms. The molecule has 1 aliphatic carbocycles. The summed E-state index contributed by atoms with van der Waals surface area (Å²) >= 11 is 0. The van der Waals surface area contributed by atoms with Gasteiger partial charge in [-0.25, -0.2) is 14.2 Å². The predicted octanol–water partition coefficient (Wildman–Crippen LogP) is 3.58. The number of pyridine rings is 1. The number of methoxy groups -OCH3 is 1. The van der Waals surface area contributed by atoms with Crippen molar-refractivity contribution in [1.29, 1.82) is 0 Å². The number of anilines is 1. The van der Waals surface area contributed by atoms with Gasteiger partial charge in [0.2, 0.25) is 5.43 Å². The second-order valence-electron chi connectivity index (χ2n) is 10.3. The molecule has 1 aromatic heterocycles. The number of hydrogen-bond acceptors (Lipinski definition) is 6. The Labute approximate surface area is 218 Å². The molecule has 3 heterocycles. The number of nitrogens with one attached hydrogen (secondary N) is 2. The number of hydrogen-bond donors (Lipinski definition) is 2. The normalized spacial score (nSPS) is 21.2. The van der Waals surface area contributed by atoms with E-state index in [2.05, 4.69) is 15.8 Å². The van der Waals surface area contributed by atoms with Crippen LogP contribution in [0.4, 0.5) is 14.5 Å². The number of aromatic nitrogens is 1.